The standard InChI is InChI=1S/C11H15ClN4O.HI/c1-2-5-15-11(13)16-7-8-17-10-9(12)4-3-6-14-10;/h2-4,6H,1,5,7-8H2,(H3,13,15,16);1H. The van der Waals surface area contributed by atoms with Gasteiger partial charge in [0, 0.05) is 12.7 Å². The molecule has 1 aromatic heterocycles. The van der Waals surface area contributed by atoms with Crippen LogP contribution < -0.4 is 15.8 Å². The Morgan fingerprint density at radius 2 is 2.44 bits per heavy atom. The van der Waals surface area contributed by atoms with Gasteiger partial charge in [-0.3, -0.25) is 0 Å². The van der Waals surface area contributed by atoms with E-state index in [9.17, 15) is 0 Å². The van der Waals surface area contributed by atoms with Gasteiger partial charge >= 0.3 is 0 Å². The first kappa shape index (κ1) is 17.0. The van der Waals surface area contributed by atoms with Crippen LogP contribution in [0.15, 0.2) is 36.0 Å². The third-order valence-electron chi connectivity index (χ3n) is 1.76. The van der Waals surface area contributed by atoms with Crippen LogP contribution in [0.3, 0.4) is 0 Å². The number of hydrogen-bond donors (Lipinski definition) is 2. The number of hydrogen-bond acceptors (Lipinski definition) is 3. The minimum absolute atomic E-state index is 0. The van der Waals surface area contributed by atoms with Gasteiger partial charge in [0.15, 0.2) is 5.96 Å². The highest BCUT2D eigenvalue weighted by Gasteiger charge is 2.00. The van der Waals surface area contributed by atoms with Crippen molar-refractivity contribution in [3.8, 4) is 5.88 Å². The van der Waals surface area contributed by atoms with Crippen LogP contribution in [0.25, 0.3) is 0 Å². The Morgan fingerprint density at radius 1 is 1.67 bits per heavy atom. The fourth-order valence-electron chi connectivity index (χ4n) is 1.02. The zero-order valence-corrected chi connectivity index (χ0v) is 12.9. The lowest BCUT2D eigenvalue weighted by Crippen LogP contribution is -2.32. The molecular weight excluding hydrogens is 367 g/mol. The van der Waals surface area contributed by atoms with Gasteiger partial charge in [0.2, 0.25) is 5.88 Å². The molecule has 0 bridgehead atoms. The number of aliphatic imine (C=N–C) groups is 1. The van der Waals surface area contributed by atoms with Crippen LogP contribution in [0.1, 0.15) is 0 Å². The van der Waals surface area contributed by atoms with E-state index >= 15 is 0 Å². The molecule has 0 atom stereocenters. The molecule has 0 amide bonds. The van der Waals surface area contributed by atoms with Gasteiger partial charge in [-0.1, -0.05) is 17.7 Å². The van der Waals surface area contributed by atoms with Gasteiger partial charge in [0.1, 0.15) is 11.6 Å². The summed E-state index contributed by atoms with van der Waals surface area (Å²) in [6, 6.07) is 3.46. The lowest BCUT2D eigenvalue weighted by Gasteiger charge is -2.05. The van der Waals surface area contributed by atoms with Crippen LogP contribution in [0.5, 0.6) is 5.88 Å². The van der Waals surface area contributed by atoms with Gasteiger partial charge in [-0.25, -0.2) is 9.98 Å². The normalized spacial score (nSPS) is 10.4. The molecule has 0 aliphatic carbocycles. The van der Waals surface area contributed by atoms with Crippen molar-refractivity contribution < 1.29 is 4.74 Å². The number of nitrogens with zero attached hydrogens (tertiary/aromatic N) is 2. The Balaban J connectivity index is 0.00000289. The molecule has 3 N–H and O–H groups in total. The third-order valence-corrected chi connectivity index (χ3v) is 2.05. The molecule has 100 valence electrons. The summed E-state index contributed by atoms with van der Waals surface area (Å²) in [5.41, 5.74) is 5.56. The van der Waals surface area contributed by atoms with Crippen LogP contribution >= 0.6 is 35.6 Å². The van der Waals surface area contributed by atoms with Crippen molar-refractivity contribution in [2.24, 2.45) is 10.7 Å². The second-order valence-corrected chi connectivity index (χ2v) is 3.48. The lowest BCUT2D eigenvalue weighted by atomic mass is 10.5. The van der Waals surface area contributed by atoms with E-state index in [1.54, 1.807) is 24.4 Å². The molecule has 0 fully saturated rings. The first-order chi connectivity index (χ1) is 8.24. The van der Waals surface area contributed by atoms with Crippen molar-refractivity contribution in [1.29, 1.82) is 0 Å². The molecule has 0 aromatic carbocycles. The number of ether oxygens (including phenoxy) is 1. The molecule has 18 heavy (non-hydrogen) atoms. The Labute approximate surface area is 128 Å². The van der Waals surface area contributed by atoms with Gasteiger partial charge in [-0.15, -0.1) is 30.6 Å². The van der Waals surface area contributed by atoms with Crippen molar-refractivity contribution in [2.75, 3.05) is 19.7 Å². The SMILES string of the molecule is C=CCNC(N)=NCCOc1ncccc1Cl.I. The Kier molecular flexibility index (Phi) is 9.39. The van der Waals surface area contributed by atoms with Crippen LogP contribution in [-0.4, -0.2) is 30.6 Å². The maximum atomic E-state index is 5.86. The number of halogens is 2. The van der Waals surface area contributed by atoms with Gasteiger partial charge in [-0.2, -0.15) is 0 Å². The van der Waals surface area contributed by atoms with E-state index in [1.807, 2.05) is 0 Å². The number of aromatic nitrogens is 1. The second kappa shape index (κ2) is 9.95. The first-order valence-electron chi connectivity index (χ1n) is 5.12. The van der Waals surface area contributed by atoms with E-state index in [0.717, 1.165) is 0 Å². The third kappa shape index (κ3) is 6.65. The fourth-order valence-corrected chi connectivity index (χ4v) is 1.19. The molecule has 1 heterocycles. The molecule has 0 saturated carbocycles. The molecule has 0 spiro atoms. The second-order valence-electron chi connectivity index (χ2n) is 3.08. The number of pyridine rings is 1. The predicted molar refractivity (Wildman–Crippen MR) is 84.8 cm³/mol. The first-order valence-corrected chi connectivity index (χ1v) is 5.50. The largest absolute Gasteiger partial charge is 0.475 e. The minimum Gasteiger partial charge on any atom is -0.475 e. The van der Waals surface area contributed by atoms with Gasteiger partial charge < -0.3 is 15.8 Å². The zero-order valence-electron chi connectivity index (χ0n) is 9.80. The van der Waals surface area contributed by atoms with Crippen LogP contribution in [0.2, 0.25) is 5.02 Å². The van der Waals surface area contributed by atoms with Crippen molar-refractivity contribution in [3.05, 3.63) is 36.0 Å². The molecule has 7 heteroatoms. The molecule has 0 aliphatic heterocycles. The summed E-state index contributed by atoms with van der Waals surface area (Å²) in [6.45, 7) is 4.95. The minimum atomic E-state index is 0. The monoisotopic (exact) mass is 382 g/mol. The maximum Gasteiger partial charge on any atom is 0.232 e. The predicted octanol–water partition coefficient (Wildman–Crippen LogP) is 1.82. The summed E-state index contributed by atoms with van der Waals surface area (Å²) >= 11 is 5.86. The molecule has 0 aliphatic rings. The van der Waals surface area contributed by atoms with Crippen LogP contribution in [0.4, 0.5) is 0 Å². The number of nitrogens with two attached hydrogens (primary N) is 1. The van der Waals surface area contributed by atoms with E-state index < -0.39 is 0 Å². The van der Waals surface area contributed by atoms with E-state index in [1.165, 1.54) is 0 Å². The molecule has 1 aromatic rings. The number of nitrogens with one attached hydrogen (secondary N) is 1. The highest BCUT2D eigenvalue weighted by molar-refractivity contribution is 14.0. The van der Waals surface area contributed by atoms with Crippen molar-refractivity contribution >= 4 is 41.5 Å². The number of guanidine groups is 1. The maximum absolute atomic E-state index is 5.86. The van der Waals surface area contributed by atoms with Crippen LogP contribution in [0, 0.1) is 0 Å². The van der Waals surface area contributed by atoms with Crippen molar-refractivity contribution in [1.82, 2.24) is 10.3 Å². The van der Waals surface area contributed by atoms with E-state index in [0.29, 0.717) is 36.6 Å². The summed E-state index contributed by atoms with van der Waals surface area (Å²) in [5, 5.41) is 3.34. The average Bonchev–Trinajstić information content (AvgIpc) is 2.34. The topological polar surface area (TPSA) is 72.5 Å². The molecule has 0 unspecified atom stereocenters. The molecule has 0 radical (unpaired) electrons. The van der Waals surface area contributed by atoms with E-state index in [4.69, 9.17) is 22.1 Å². The highest BCUT2D eigenvalue weighted by Crippen LogP contribution is 2.19. The van der Waals surface area contributed by atoms with Crippen molar-refractivity contribution in [3.63, 3.8) is 0 Å². The zero-order chi connectivity index (χ0) is 12.5. The van der Waals surface area contributed by atoms with Gasteiger partial charge in [-0.05, 0) is 12.1 Å². The lowest BCUT2D eigenvalue weighted by molar-refractivity contribution is 0.316. The smallest absolute Gasteiger partial charge is 0.232 e. The molecule has 5 nitrogen and oxygen atoms in total. The summed E-state index contributed by atoms with van der Waals surface area (Å²) < 4.78 is 5.34. The van der Waals surface area contributed by atoms with E-state index in [2.05, 4.69) is 21.9 Å². The highest BCUT2D eigenvalue weighted by atomic mass is 127. The summed E-state index contributed by atoms with van der Waals surface area (Å²) in [4.78, 5) is 8.03. The fraction of sp³-hybridized carbons (Fsp3) is 0.273. The van der Waals surface area contributed by atoms with Gasteiger partial charge in [0.25, 0.3) is 0 Å². The summed E-state index contributed by atoms with van der Waals surface area (Å²) in [7, 11) is 0. The Hall–Kier alpha value is -1.02. The molecule has 0 saturated heterocycles. The quantitative estimate of drug-likeness (QED) is 0.259. The molecule has 1 rings (SSSR count). The van der Waals surface area contributed by atoms with Crippen LogP contribution in [-0.2, 0) is 0 Å². The summed E-state index contributed by atoms with van der Waals surface area (Å²) in [5.74, 6) is 0.766. The average molecular weight is 383 g/mol. The molecular formula is C11H16ClIN4O. The van der Waals surface area contributed by atoms with Gasteiger partial charge in [0.05, 0.1) is 6.54 Å². The van der Waals surface area contributed by atoms with Crippen molar-refractivity contribution in [2.45, 2.75) is 0 Å². The summed E-state index contributed by atoms with van der Waals surface area (Å²) in [6.07, 6.45) is 3.32. The Morgan fingerprint density at radius 3 is 3.11 bits per heavy atom. The van der Waals surface area contributed by atoms with E-state index in [-0.39, 0.29) is 24.0 Å². The number of rotatable bonds is 6. The Bertz CT molecular complexity index is 400.